The first-order valence-corrected chi connectivity index (χ1v) is 7.70. The first-order valence-electron chi connectivity index (χ1n) is 7.70. The maximum atomic E-state index is 12.1. The summed E-state index contributed by atoms with van der Waals surface area (Å²) in [6, 6.07) is 13.7. The molecule has 2 rings (SSSR count). The fourth-order valence-electron chi connectivity index (χ4n) is 2.33. The largest absolute Gasteiger partial charge is 0.497 e. The Bertz CT molecular complexity index is 650. The zero-order chi connectivity index (χ0) is 16.7. The Morgan fingerprint density at radius 2 is 1.78 bits per heavy atom. The Hall–Kier alpha value is -2.49. The van der Waals surface area contributed by atoms with E-state index in [0.717, 1.165) is 12.8 Å². The summed E-state index contributed by atoms with van der Waals surface area (Å²) in [6.07, 6.45) is 2.17. The molecule has 0 heterocycles. The van der Waals surface area contributed by atoms with Crippen molar-refractivity contribution in [3.63, 3.8) is 0 Å². The number of hydrogen-bond acceptors (Lipinski definition) is 3. The van der Waals surface area contributed by atoms with Gasteiger partial charge in [-0.2, -0.15) is 0 Å². The van der Waals surface area contributed by atoms with Crippen molar-refractivity contribution in [3.05, 3.63) is 53.6 Å². The van der Waals surface area contributed by atoms with Gasteiger partial charge in [-0.15, -0.1) is 0 Å². The summed E-state index contributed by atoms with van der Waals surface area (Å²) >= 11 is 0. The molecule has 1 amide bonds. The normalized spacial score (nSPS) is 10.2. The molecule has 0 bridgehead atoms. The Morgan fingerprint density at radius 3 is 2.43 bits per heavy atom. The van der Waals surface area contributed by atoms with Crippen molar-refractivity contribution in [2.24, 2.45) is 0 Å². The molecule has 23 heavy (non-hydrogen) atoms. The number of carbonyl (C=O) groups excluding carboxylic acids is 1. The zero-order valence-corrected chi connectivity index (χ0v) is 13.9. The molecule has 0 radical (unpaired) electrons. The molecule has 0 aliphatic heterocycles. The third-order valence-electron chi connectivity index (χ3n) is 3.67. The topological polar surface area (TPSA) is 47.6 Å². The van der Waals surface area contributed by atoms with E-state index in [-0.39, 0.29) is 5.91 Å². The van der Waals surface area contributed by atoms with Gasteiger partial charge in [0.05, 0.1) is 19.9 Å². The van der Waals surface area contributed by atoms with Crippen LogP contribution < -0.4 is 14.8 Å². The van der Waals surface area contributed by atoms with E-state index in [4.69, 9.17) is 9.47 Å². The molecule has 0 aromatic heterocycles. The molecule has 0 aliphatic carbocycles. The summed E-state index contributed by atoms with van der Waals surface area (Å²) in [5.74, 6) is 1.28. The summed E-state index contributed by atoms with van der Waals surface area (Å²) in [6.45, 7) is 2.07. The first-order chi connectivity index (χ1) is 11.1. The lowest BCUT2D eigenvalue weighted by Crippen LogP contribution is -2.12. The van der Waals surface area contributed by atoms with Crippen LogP contribution in [0.2, 0.25) is 0 Å². The van der Waals surface area contributed by atoms with E-state index in [1.165, 1.54) is 11.1 Å². The Kier molecular flexibility index (Phi) is 6.03. The minimum Gasteiger partial charge on any atom is -0.497 e. The monoisotopic (exact) mass is 313 g/mol. The standard InChI is InChI=1S/C19H23NO3/c1-14-7-9-15(10-8-14)5-4-6-19(21)20-17-13-16(22-2)11-12-18(17)23-3/h7-13H,4-6H2,1-3H3,(H,20,21). The highest BCUT2D eigenvalue weighted by Crippen LogP contribution is 2.29. The maximum absolute atomic E-state index is 12.1. The SMILES string of the molecule is COc1ccc(OC)c(NC(=O)CCCc2ccc(C)cc2)c1. The fourth-order valence-corrected chi connectivity index (χ4v) is 2.33. The number of rotatable bonds is 7. The third kappa shape index (κ3) is 5.02. The molecule has 4 heteroatoms. The quantitative estimate of drug-likeness (QED) is 0.841. The van der Waals surface area contributed by atoms with E-state index in [1.807, 2.05) is 0 Å². The molecule has 0 fully saturated rings. The number of carbonyl (C=O) groups is 1. The first kappa shape index (κ1) is 16.9. The van der Waals surface area contributed by atoms with Crippen LogP contribution >= 0.6 is 0 Å². The van der Waals surface area contributed by atoms with Crippen molar-refractivity contribution in [3.8, 4) is 11.5 Å². The van der Waals surface area contributed by atoms with Gasteiger partial charge in [-0.1, -0.05) is 29.8 Å². The van der Waals surface area contributed by atoms with Gasteiger partial charge >= 0.3 is 0 Å². The number of aryl methyl sites for hydroxylation is 2. The summed E-state index contributed by atoms with van der Waals surface area (Å²) < 4.78 is 10.4. The number of anilines is 1. The molecule has 0 spiro atoms. The Labute approximate surface area is 137 Å². The minimum atomic E-state index is -0.0244. The number of hydrogen-bond donors (Lipinski definition) is 1. The number of amides is 1. The van der Waals surface area contributed by atoms with Crippen LogP contribution in [0.15, 0.2) is 42.5 Å². The van der Waals surface area contributed by atoms with Crippen LogP contribution in [0.4, 0.5) is 5.69 Å². The molecule has 0 aliphatic rings. The second-order valence-corrected chi connectivity index (χ2v) is 5.45. The number of benzene rings is 2. The van der Waals surface area contributed by atoms with Gasteiger partial charge in [0.2, 0.25) is 5.91 Å². The minimum absolute atomic E-state index is 0.0244. The van der Waals surface area contributed by atoms with Gasteiger partial charge in [0.25, 0.3) is 0 Å². The third-order valence-corrected chi connectivity index (χ3v) is 3.67. The highest BCUT2D eigenvalue weighted by Gasteiger charge is 2.09. The predicted molar refractivity (Wildman–Crippen MR) is 92.3 cm³/mol. The van der Waals surface area contributed by atoms with Crippen molar-refractivity contribution in [1.29, 1.82) is 0 Å². The molecule has 1 N–H and O–H groups in total. The number of ether oxygens (including phenoxy) is 2. The van der Waals surface area contributed by atoms with E-state index in [9.17, 15) is 4.79 Å². The molecule has 0 atom stereocenters. The Balaban J connectivity index is 1.88. The van der Waals surface area contributed by atoms with Crippen molar-refractivity contribution in [2.45, 2.75) is 26.2 Å². The van der Waals surface area contributed by atoms with E-state index in [1.54, 1.807) is 32.4 Å². The lowest BCUT2D eigenvalue weighted by molar-refractivity contribution is -0.116. The Morgan fingerprint density at radius 1 is 1.04 bits per heavy atom. The van der Waals surface area contributed by atoms with Gasteiger partial charge in [-0.25, -0.2) is 0 Å². The van der Waals surface area contributed by atoms with Crippen molar-refractivity contribution in [2.75, 3.05) is 19.5 Å². The molecular weight excluding hydrogens is 290 g/mol. The molecular formula is C19H23NO3. The second kappa shape index (κ2) is 8.22. The molecule has 122 valence electrons. The smallest absolute Gasteiger partial charge is 0.224 e. The summed E-state index contributed by atoms with van der Waals surface area (Å²) in [5.41, 5.74) is 3.13. The number of nitrogens with one attached hydrogen (secondary N) is 1. The average molecular weight is 313 g/mol. The highest BCUT2D eigenvalue weighted by atomic mass is 16.5. The van der Waals surface area contributed by atoms with Crippen LogP contribution in [0.25, 0.3) is 0 Å². The van der Waals surface area contributed by atoms with Crippen molar-refractivity contribution < 1.29 is 14.3 Å². The molecule has 2 aromatic rings. The van der Waals surface area contributed by atoms with E-state index < -0.39 is 0 Å². The van der Waals surface area contributed by atoms with Crippen molar-refractivity contribution >= 4 is 11.6 Å². The summed E-state index contributed by atoms with van der Waals surface area (Å²) in [4.78, 5) is 12.1. The van der Waals surface area contributed by atoms with Crippen LogP contribution in [0.3, 0.4) is 0 Å². The van der Waals surface area contributed by atoms with Crippen LogP contribution in [-0.4, -0.2) is 20.1 Å². The number of methoxy groups -OCH3 is 2. The summed E-state index contributed by atoms with van der Waals surface area (Å²) in [7, 11) is 3.17. The maximum Gasteiger partial charge on any atom is 0.224 e. The van der Waals surface area contributed by atoms with Gasteiger partial charge in [-0.05, 0) is 37.5 Å². The highest BCUT2D eigenvalue weighted by molar-refractivity contribution is 5.92. The van der Waals surface area contributed by atoms with E-state index in [2.05, 4.69) is 36.5 Å². The average Bonchev–Trinajstić information content (AvgIpc) is 2.56. The van der Waals surface area contributed by atoms with Crippen LogP contribution in [0.5, 0.6) is 11.5 Å². The fraction of sp³-hybridized carbons (Fsp3) is 0.316. The van der Waals surface area contributed by atoms with Crippen molar-refractivity contribution in [1.82, 2.24) is 0 Å². The van der Waals surface area contributed by atoms with Crippen LogP contribution in [0, 0.1) is 6.92 Å². The molecule has 0 saturated heterocycles. The van der Waals surface area contributed by atoms with E-state index >= 15 is 0 Å². The molecule has 4 nitrogen and oxygen atoms in total. The van der Waals surface area contributed by atoms with Gasteiger partial charge in [0.1, 0.15) is 11.5 Å². The van der Waals surface area contributed by atoms with Gasteiger partial charge in [0, 0.05) is 12.5 Å². The molecule has 0 unspecified atom stereocenters. The zero-order valence-electron chi connectivity index (χ0n) is 13.9. The van der Waals surface area contributed by atoms with Gasteiger partial charge in [0.15, 0.2) is 0 Å². The van der Waals surface area contributed by atoms with Crippen LogP contribution in [-0.2, 0) is 11.2 Å². The molecule has 2 aromatic carbocycles. The predicted octanol–water partition coefficient (Wildman–Crippen LogP) is 3.97. The molecule has 0 saturated carbocycles. The van der Waals surface area contributed by atoms with Gasteiger partial charge < -0.3 is 14.8 Å². The van der Waals surface area contributed by atoms with Crippen LogP contribution in [0.1, 0.15) is 24.0 Å². The van der Waals surface area contributed by atoms with E-state index in [0.29, 0.717) is 23.6 Å². The van der Waals surface area contributed by atoms with Gasteiger partial charge in [-0.3, -0.25) is 4.79 Å². The lowest BCUT2D eigenvalue weighted by atomic mass is 10.1. The second-order valence-electron chi connectivity index (χ2n) is 5.45. The lowest BCUT2D eigenvalue weighted by Gasteiger charge is -2.11. The summed E-state index contributed by atoms with van der Waals surface area (Å²) in [5, 5.41) is 2.89.